The molecular weight excluding hydrogens is 397 g/mol. The predicted octanol–water partition coefficient (Wildman–Crippen LogP) is 3.37. The maximum atomic E-state index is 13.3. The first kappa shape index (κ1) is 21.9. The van der Waals surface area contributed by atoms with Gasteiger partial charge in [-0.1, -0.05) is 36.4 Å². The monoisotopic (exact) mass is 415 g/mol. The van der Waals surface area contributed by atoms with Gasteiger partial charge in [0.2, 0.25) is 0 Å². The zero-order valence-corrected chi connectivity index (χ0v) is 16.3. The van der Waals surface area contributed by atoms with Gasteiger partial charge >= 0.3 is 0 Å². The minimum absolute atomic E-state index is 0.0300. The van der Waals surface area contributed by atoms with E-state index in [4.69, 9.17) is 21.6 Å². The first-order valence-corrected chi connectivity index (χ1v) is 9.07. The van der Waals surface area contributed by atoms with Gasteiger partial charge in [-0.05, 0) is 23.8 Å². The molecule has 0 saturated carbocycles. The Bertz CT molecular complexity index is 956. The quantitative estimate of drug-likeness (QED) is 0.656. The third-order valence-corrected chi connectivity index (χ3v) is 4.14. The highest BCUT2D eigenvalue weighted by Gasteiger charge is 2.12. The van der Waals surface area contributed by atoms with E-state index in [0.717, 1.165) is 6.07 Å². The number of carbonyl (C=O) groups is 2. The molecular formula is C21H19ClFN3O3. The predicted molar refractivity (Wildman–Crippen MR) is 107 cm³/mol. The summed E-state index contributed by atoms with van der Waals surface area (Å²) in [6.07, 6.45) is 0.442. The van der Waals surface area contributed by atoms with Gasteiger partial charge in [0.15, 0.2) is 6.61 Å². The van der Waals surface area contributed by atoms with Crippen molar-refractivity contribution < 1.29 is 18.7 Å². The van der Waals surface area contributed by atoms with Gasteiger partial charge < -0.3 is 15.4 Å². The van der Waals surface area contributed by atoms with E-state index in [1.807, 2.05) is 6.07 Å². The summed E-state index contributed by atoms with van der Waals surface area (Å²) >= 11 is 5.58. The molecule has 2 N–H and O–H groups in total. The lowest BCUT2D eigenvalue weighted by Crippen LogP contribution is -2.31. The maximum absolute atomic E-state index is 13.3. The van der Waals surface area contributed by atoms with E-state index < -0.39 is 11.7 Å². The van der Waals surface area contributed by atoms with Gasteiger partial charge in [-0.2, -0.15) is 5.26 Å². The number of halogens is 2. The van der Waals surface area contributed by atoms with E-state index in [2.05, 4.69) is 17.2 Å². The molecule has 0 saturated heterocycles. The van der Waals surface area contributed by atoms with Crippen molar-refractivity contribution in [1.82, 2.24) is 10.6 Å². The smallest absolute Gasteiger partial charge is 0.257 e. The zero-order valence-electron chi connectivity index (χ0n) is 15.5. The van der Waals surface area contributed by atoms with Crippen molar-refractivity contribution in [3.63, 3.8) is 0 Å². The molecule has 2 rings (SSSR count). The van der Waals surface area contributed by atoms with E-state index in [-0.39, 0.29) is 36.3 Å². The largest absolute Gasteiger partial charge is 0.484 e. The van der Waals surface area contributed by atoms with Crippen LogP contribution in [0.25, 0.3) is 0 Å². The fourth-order valence-corrected chi connectivity index (χ4v) is 2.51. The highest BCUT2D eigenvalue weighted by atomic mass is 35.5. The lowest BCUT2D eigenvalue weighted by molar-refractivity contribution is -0.123. The van der Waals surface area contributed by atoms with Crippen molar-refractivity contribution in [2.45, 2.75) is 12.8 Å². The summed E-state index contributed by atoms with van der Waals surface area (Å²) in [5.41, 5.74) is 1.45. The van der Waals surface area contributed by atoms with Crippen LogP contribution in [0.2, 0.25) is 5.02 Å². The van der Waals surface area contributed by atoms with Gasteiger partial charge in [-0.25, -0.2) is 4.39 Å². The lowest BCUT2D eigenvalue weighted by Gasteiger charge is -2.11. The molecule has 0 radical (unpaired) electrons. The highest BCUT2D eigenvalue weighted by Crippen LogP contribution is 2.20. The average Bonchev–Trinajstić information content (AvgIpc) is 2.69. The summed E-state index contributed by atoms with van der Waals surface area (Å²) in [4.78, 5) is 24.1. The topological polar surface area (TPSA) is 91.2 Å². The van der Waals surface area contributed by atoms with Gasteiger partial charge in [0.25, 0.3) is 11.8 Å². The minimum Gasteiger partial charge on any atom is -0.484 e. The molecule has 2 amide bonds. The van der Waals surface area contributed by atoms with Crippen LogP contribution in [0.15, 0.2) is 54.7 Å². The summed E-state index contributed by atoms with van der Waals surface area (Å²) in [7, 11) is 0. The molecule has 0 fully saturated rings. The van der Waals surface area contributed by atoms with Crippen molar-refractivity contribution >= 4 is 23.4 Å². The van der Waals surface area contributed by atoms with Crippen molar-refractivity contribution in [3.8, 4) is 11.8 Å². The SMILES string of the molecule is C=C(CCNC(=O)COc1ccc(Cl)c(F)c1)NC(=O)c1ccccc1CC#N. The number of carbonyl (C=O) groups excluding carboxylic acids is 2. The Labute approximate surface area is 172 Å². The number of nitrogens with zero attached hydrogens (tertiary/aromatic N) is 1. The molecule has 0 aliphatic rings. The molecule has 0 aromatic heterocycles. The van der Waals surface area contributed by atoms with Crippen LogP contribution in [0.4, 0.5) is 4.39 Å². The molecule has 0 atom stereocenters. The second-order valence-corrected chi connectivity index (χ2v) is 6.42. The van der Waals surface area contributed by atoms with Gasteiger partial charge in [-0.15, -0.1) is 0 Å². The van der Waals surface area contributed by atoms with Crippen LogP contribution in [0.5, 0.6) is 5.75 Å². The standard InChI is InChI=1S/C21H19ClFN3O3/c1-14(26-21(28)17-5-3-2-4-15(17)8-10-24)9-11-25-20(27)13-29-16-6-7-18(22)19(23)12-16/h2-7,12H,1,8-9,11,13H2,(H,25,27)(H,26,28). The Balaban J connectivity index is 1.73. The van der Waals surface area contributed by atoms with Crippen molar-refractivity contribution in [2.75, 3.05) is 13.2 Å². The fraction of sp³-hybridized carbons (Fsp3) is 0.190. The Morgan fingerprint density at radius 3 is 2.72 bits per heavy atom. The Morgan fingerprint density at radius 2 is 2.00 bits per heavy atom. The van der Waals surface area contributed by atoms with E-state index >= 15 is 0 Å². The van der Waals surface area contributed by atoms with Crippen LogP contribution in [0, 0.1) is 17.1 Å². The number of ether oxygens (including phenoxy) is 1. The van der Waals surface area contributed by atoms with Crippen LogP contribution >= 0.6 is 11.6 Å². The number of nitrogens with one attached hydrogen (secondary N) is 2. The molecule has 0 spiro atoms. The second-order valence-electron chi connectivity index (χ2n) is 6.01. The first-order chi connectivity index (χ1) is 13.9. The molecule has 2 aromatic carbocycles. The van der Waals surface area contributed by atoms with Gasteiger partial charge in [0, 0.05) is 30.3 Å². The number of amides is 2. The molecule has 150 valence electrons. The summed E-state index contributed by atoms with van der Waals surface area (Å²) in [6, 6.07) is 12.7. The number of rotatable bonds is 9. The fourth-order valence-electron chi connectivity index (χ4n) is 2.39. The molecule has 2 aromatic rings. The summed E-state index contributed by atoms with van der Waals surface area (Å²) in [6.45, 7) is 3.71. The Kier molecular flexibility index (Phi) is 8.19. The molecule has 29 heavy (non-hydrogen) atoms. The second kappa shape index (κ2) is 10.8. The molecule has 0 unspecified atom stereocenters. The van der Waals surface area contributed by atoms with Crippen molar-refractivity contribution in [1.29, 1.82) is 5.26 Å². The minimum atomic E-state index is -0.632. The highest BCUT2D eigenvalue weighted by molar-refractivity contribution is 6.30. The van der Waals surface area contributed by atoms with E-state index in [9.17, 15) is 14.0 Å². The van der Waals surface area contributed by atoms with Crippen LogP contribution in [0.1, 0.15) is 22.3 Å². The number of nitriles is 1. The molecule has 0 aliphatic carbocycles. The van der Waals surface area contributed by atoms with Gasteiger partial charge in [-0.3, -0.25) is 9.59 Å². The van der Waals surface area contributed by atoms with Crippen LogP contribution in [0.3, 0.4) is 0 Å². The lowest BCUT2D eigenvalue weighted by atomic mass is 10.0. The van der Waals surface area contributed by atoms with E-state index in [1.165, 1.54) is 12.1 Å². The zero-order chi connectivity index (χ0) is 21.2. The molecule has 8 heteroatoms. The van der Waals surface area contributed by atoms with E-state index in [1.54, 1.807) is 24.3 Å². The Hall–Kier alpha value is -3.37. The summed E-state index contributed by atoms with van der Waals surface area (Å²) in [5, 5.41) is 14.1. The molecule has 0 bridgehead atoms. The van der Waals surface area contributed by atoms with Gasteiger partial charge in [0.1, 0.15) is 11.6 Å². The molecule has 6 nitrogen and oxygen atoms in total. The third-order valence-electron chi connectivity index (χ3n) is 3.83. The van der Waals surface area contributed by atoms with Gasteiger partial charge in [0.05, 0.1) is 17.5 Å². The average molecular weight is 416 g/mol. The summed E-state index contributed by atoms with van der Waals surface area (Å²) in [5.74, 6) is -1.21. The Morgan fingerprint density at radius 1 is 1.24 bits per heavy atom. The van der Waals surface area contributed by atoms with Crippen LogP contribution in [-0.4, -0.2) is 25.0 Å². The molecule has 0 heterocycles. The van der Waals surface area contributed by atoms with Crippen LogP contribution in [-0.2, 0) is 11.2 Å². The van der Waals surface area contributed by atoms with E-state index in [0.29, 0.717) is 23.2 Å². The molecule has 0 aliphatic heterocycles. The summed E-state index contributed by atoms with van der Waals surface area (Å²) < 4.78 is 18.5. The normalized spacial score (nSPS) is 9.97. The first-order valence-electron chi connectivity index (χ1n) is 8.69. The number of hydrogen-bond donors (Lipinski definition) is 2. The third kappa shape index (κ3) is 6.94. The number of benzene rings is 2. The maximum Gasteiger partial charge on any atom is 0.257 e. The van der Waals surface area contributed by atoms with Crippen molar-refractivity contribution in [3.05, 3.63) is 76.7 Å². The van der Waals surface area contributed by atoms with Crippen molar-refractivity contribution in [2.24, 2.45) is 0 Å². The number of hydrogen-bond acceptors (Lipinski definition) is 4. The van der Waals surface area contributed by atoms with Crippen LogP contribution < -0.4 is 15.4 Å².